The first-order chi connectivity index (χ1) is 8.72. The highest BCUT2D eigenvalue weighted by Gasteiger charge is 2.47. The molecular formula is C15H20O3. The summed E-state index contributed by atoms with van der Waals surface area (Å²) in [6.45, 7) is 6.91. The van der Waals surface area contributed by atoms with Gasteiger partial charge in [0, 0.05) is 0 Å². The van der Waals surface area contributed by atoms with Crippen LogP contribution in [-0.4, -0.2) is 19.2 Å². The second-order valence-corrected chi connectivity index (χ2v) is 4.24. The minimum atomic E-state index is -1.01. The Bertz CT molecular complexity index is 405. The Labute approximate surface area is 108 Å². The fraction of sp³-hybridized carbons (Fsp3) is 0.467. The zero-order valence-electron chi connectivity index (χ0n) is 11.2. The molecule has 0 fully saturated rings. The van der Waals surface area contributed by atoms with Gasteiger partial charge in [-0.1, -0.05) is 30.3 Å². The van der Waals surface area contributed by atoms with E-state index in [2.05, 4.69) is 18.2 Å². The molecule has 0 saturated heterocycles. The lowest BCUT2D eigenvalue weighted by atomic mass is 9.97. The maximum atomic E-state index is 5.81. The van der Waals surface area contributed by atoms with Crippen LogP contribution in [0, 0.1) is 0 Å². The van der Waals surface area contributed by atoms with E-state index in [1.54, 1.807) is 0 Å². The van der Waals surface area contributed by atoms with Crippen molar-refractivity contribution in [3.63, 3.8) is 0 Å². The smallest absolute Gasteiger partial charge is 0.337 e. The summed E-state index contributed by atoms with van der Waals surface area (Å²) in [5.41, 5.74) is 1.14. The van der Waals surface area contributed by atoms with E-state index in [4.69, 9.17) is 14.2 Å². The minimum Gasteiger partial charge on any atom is -0.443 e. The average molecular weight is 248 g/mol. The Balaban J connectivity index is 2.34. The molecule has 2 rings (SSSR count). The summed E-state index contributed by atoms with van der Waals surface area (Å²) >= 11 is 0. The van der Waals surface area contributed by atoms with E-state index in [1.165, 1.54) is 0 Å². The van der Waals surface area contributed by atoms with Crippen molar-refractivity contribution in [1.82, 2.24) is 0 Å². The third-order valence-electron chi connectivity index (χ3n) is 2.94. The predicted molar refractivity (Wildman–Crippen MR) is 70.0 cm³/mol. The van der Waals surface area contributed by atoms with Crippen molar-refractivity contribution in [2.45, 2.75) is 32.7 Å². The molecule has 18 heavy (non-hydrogen) atoms. The lowest BCUT2D eigenvalue weighted by Crippen LogP contribution is -2.41. The fourth-order valence-corrected chi connectivity index (χ4v) is 2.30. The first kappa shape index (κ1) is 13.1. The van der Waals surface area contributed by atoms with Crippen LogP contribution >= 0.6 is 0 Å². The van der Waals surface area contributed by atoms with Gasteiger partial charge >= 0.3 is 5.97 Å². The van der Waals surface area contributed by atoms with Gasteiger partial charge in [-0.25, -0.2) is 0 Å². The van der Waals surface area contributed by atoms with Crippen LogP contribution in [0.2, 0.25) is 0 Å². The van der Waals surface area contributed by atoms with Crippen LogP contribution in [0.25, 0.3) is 0 Å². The van der Waals surface area contributed by atoms with Gasteiger partial charge in [0.25, 0.3) is 0 Å². The van der Waals surface area contributed by atoms with Crippen LogP contribution in [0.1, 0.15) is 32.3 Å². The molecule has 0 aliphatic carbocycles. The van der Waals surface area contributed by atoms with Crippen molar-refractivity contribution < 1.29 is 14.2 Å². The molecule has 3 nitrogen and oxygen atoms in total. The molecule has 1 heterocycles. The van der Waals surface area contributed by atoms with Crippen LogP contribution in [0.15, 0.2) is 42.2 Å². The first-order valence-corrected chi connectivity index (χ1v) is 6.42. The standard InChI is InChI=1S/C15H20O3/c1-4-16-15(17-5-2)14(11-12(3)18-15)13-9-7-6-8-10-13/h6-11,14H,4-5H2,1-3H3. The van der Waals surface area contributed by atoms with E-state index in [0.717, 1.165) is 11.3 Å². The largest absolute Gasteiger partial charge is 0.443 e. The highest BCUT2D eigenvalue weighted by atomic mass is 16.9. The lowest BCUT2D eigenvalue weighted by Gasteiger charge is -2.33. The molecule has 3 heteroatoms. The highest BCUT2D eigenvalue weighted by molar-refractivity contribution is 5.29. The van der Waals surface area contributed by atoms with Crippen LogP contribution in [-0.2, 0) is 14.2 Å². The molecule has 98 valence electrons. The van der Waals surface area contributed by atoms with Crippen LogP contribution in [0.4, 0.5) is 0 Å². The third kappa shape index (κ3) is 2.42. The van der Waals surface area contributed by atoms with Gasteiger partial charge in [0.05, 0.1) is 24.9 Å². The molecule has 0 amide bonds. The summed E-state index contributed by atoms with van der Waals surface area (Å²) in [4.78, 5) is 0. The zero-order valence-corrected chi connectivity index (χ0v) is 11.2. The van der Waals surface area contributed by atoms with E-state index in [9.17, 15) is 0 Å². The summed E-state index contributed by atoms with van der Waals surface area (Å²) in [7, 11) is 0. The number of benzene rings is 1. The van der Waals surface area contributed by atoms with Crippen LogP contribution in [0.5, 0.6) is 0 Å². The van der Waals surface area contributed by atoms with Gasteiger partial charge < -0.3 is 14.2 Å². The average Bonchev–Trinajstić information content (AvgIpc) is 2.68. The molecule has 0 spiro atoms. The Morgan fingerprint density at radius 3 is 2.28 bits per heavy atom. The van der Waals surface area contributed by atoms with E-state index in [0.29, 0.717) is 13.2 Å². The minimum absolute atomic E-state index is 0.0291. The second-order valence-electron chi connectivity index (χ2n) is 4.24. The maximum Gasteiger partial charge on any atom is 0.337 e. The number of hydrogen-bond acceptors (Lipinski definition) is 3. The fourth-order valence-electron chi connectivity index (χ4n) is 2.30. The second kappa shape index (κ2) is 5.55. The van der Waals surface area contributed by atoms with Crippen molar-refractivity contribution >= 4 is 0 Å². The molecule has 0 bridgehead atoms. The van der Waals surface area contributed by atoms with Gasteiger partial charge in [-0.15, -0.1) is 0 Å². The maximum absolute atomic E-state index is 5.81. The molecule has 1 aromatic rings. The van der Waals surface area contributed by atoms with Crippen molar-refractivity contribution in [3.05, 3.63) is 47.7 Å². The first-order valence-electron chi connectivity index (χ1n) is 6.42. The van der Waals surface area contributed by atoms with Crippen LogP contribution < -0.4 is 0 Å². The Kier molecular flexibility index (Phi) is 4.04. The molecule has 0 radical (unpaired) electrons. The summed E-state index contributed by atoms with van der Waals surface area (Å²) in [6.07, 6.45) is 2.06. The van der Waals surface area contributed by atoms with Crippen LogP contribution in [0.3, 0.4) is 0 Å². The normalized spacial score (nSPS) is 21.5. The van der Waals surface area contributed by atoms with Crippen molar-refractivity contribution in [2.75, 3.05) is 13.2 Å². The SMILES string of the molecule is CCOC1(OCC)OC(C)=CC1c1ccccc1. The summed E-state index contributed by atoms with van der Waals surface area (Å²) in [6, 6.07) is 10.2. The summed E-state index contributed by atoms with van der Waals surface area (Å²) in [5.74, 6) is -0.195. The molecule has 1 aromatic carbocycles. The van der Waals surface area contributed by atoms with E-state index in [1.807, 2.05) is 39.0 Å². The molecule has 0 aromatic heterocycles. The van der Waals surface area contributed by atoms with E-state index in [-0.39, 0.29) is 5.92 Å². The summed E-state index contributed by atoms with van der Waals surface area (Å²) in [5, 5.41) is 0. The van der Waals surface area contributed by atoms with Gasteiger partial charge in [0.1, 0.15) is 0 Å². The van der Waals surface area contributed by atoms with Crippen molar-refractivity contribution in [2.24, 2.45) is 0 Å². The Hall–Kier alpha value is -1.32. The molecule has 0 N–H and O–H groups in total. The highest BCUT2D eigenvalue weighted by Crippen LogP contribution is 2.42. The number of hydrogen-bond donors (Lipinski definition) is 0. The number of allylic oxidation sites excluding steroid dienone is 1. The van der Waals surface area contributed by atoms with E-state index < -0.39 is 5.97 Å². The molecule has 0 saturated carbocycles. The van der Waals surface area contributed by atoms with E-state index >= 15 is 0 Å². The molecule has 1 aliphatic rings. The quantitative estimate of drug-likeness (QED) is 0.747. The summed E-state index contributed by atoms with van der Waals surface area (Å²) < 4.78 is 17.4. The number of ether oxygens (including phenoxy) is 3. The van der Waals surface area contributed by atoms with Gasteiger partial charge in [-0.05, 0) is 32.4 Å². The van der Waals surface area contributed by atoms with Gasteiger partial charge in [-0.3, -0.25) is 0 Å². The zero-order chi connectivity index (χ0) is 13.0. The third-order valence-corrected chi connectivity index (χ3v) is 2.94. The molecular weight excluding hydrogens is 228 g/mol. The van der Waals surface area contributed by atoms with Gasteiger partial charge in [0.2, 0.25) is 0 Å². The Morgan fingerprint density at radius 2 is 1.72 bits per heavy atom. The molecule has 1 unspecified atom stereocenters. The molecule has 1 atom stereocenters. The monoisotopic (exact) mass is 248 g/mol. The van der Waals surface area contributed by atoms with Crippen molar-refractivity contribution in [3.8, 4) is 0 Å². The molecule has 1 aliphatic heterocycles. The Morgan fingerprint density at radius 1 is 1.11 bits per heavy atom. The van der Waals surface area contributed by atoms with Gasteiger partial charge in [-0.2, -0.15) is 0 Å². The predicted octanol–water partition coefficient (Wildman–Crippen LogP) is 3.43. The lowest BCUT2D eigenvalue weighted by molar-refractivity contribution is -0.360. The topological polar surface area (TPSA) is 27.7 Å². The van der Waals surface area contributed by atoms with Gasteiger partial charge in [0.15, 0.2) is 0 Å². The number of rotatable bonds is 5. The van der Waals surface area contributed by atoms with Crippen molar-refractivity contribution in [1.29, 1.82) is 0 Å².